The lowest BCUT2D eigenvalue weighted by Crippen LogP contribution is -2.03. The minimum Gasteiger partial charge on any atom is -0.368 e. The van der Waals surface area contributed by atoms with Gasteiger partial charge in [0.2, 0.25) is 5.95 Å². The molecule has 3 heterocycles. The molecule has 0 aromatic carbocycles. The Morgan fingerprint density at radius 2 is 2.17 bits per heavy atom. The molecule has 0 spiro atoms. The summed E-state index contributed by atoms with van der Waals surface area (Å²) in [7, 11) is 0. The first-order chi connectivity index (χ1) is 8.72. The number of nitrogens with two attached hydrogens (primary N) is 1. The quantitative estimate of drug-likeness (QED) is 0.770. The first kappa shape index (κ1) is 11.4. The number of nitrogen functional groups attached to an aromatic ring is 1. The van der Waals surface area contributed by atoms with Gasteiger partial charge in [-0.05, 0) is 30.5 Å². The number of thiophene rings is 2. The molecule has 0 amide bonds. The highest BCUT2D eigenvalue weighted by Crippen LogP contribution is 2.26. The fourth-order valence-electron chi connectivity index (χ4n) is 1.76. The number of anilines is 2. The van der Waals surface area contributed by atoms with Crippen molar-refractivity contribution in [3.05, 3.63) is 33.3 Å². The van der Waals surface area contributed by atoms with Gasteiger partial charge in [0.25, 0.3) is 0 Å². The number of fused-ring (bicyclic) bond motifs is 1. The van der Waals surface area contributed by atoms with Crippen molar-refractivity contribution in [2.24, 2.45) is 0 Å². The lowest BCUT2D eigenvalue weighted by molar-refractivity contribution is 1.14. The zero-order chi connectivity index (χ0) is 12.5. The third kappa shape index (κ3) is 2.16. The lowest BCUT2D eigenvalue weighted by Gasteiger charge is -2.05. The number of nitrogens with one attached hydrogen (secondary N) is 1. The molecule has 3 N–H and O–H groups in total. The molecule has 0 aliphatic rings. The second-order valence-electron chi connectivity index (χ2n) is 3.94. The highest BCUT2D eigenvalue weighted by atomic mass is 32.1. The van der Waals surface area contributed by atoms with Crippen LogP contribution in [0.25, 0.3) is 10.2 Å². The van der Waals surface area contributed by atoms with Gasteiger partial charge in [-0.25, -0.2) is 4.98 Å². The smallest absolute Gasteiger partial charge is 0.223 e. The molecule has 0 saturated carbocycles. The summed E-state index contributed by atoms with van der Waals surface area (Å²) in [5, 5.41) is 6.36. The molecule has 0 unspecified atom stereocenters. The molecule has 3 aromatic heterocycles. The average molecular weight is 276 g/mol. The van der Waals surface area contributed by atoms with Crippen LogP contribution in [-0.4, -0.2) is 9.97 Å². The number of aromatic nitrogens is 2. The number of hydrogen-bond donors (Lipinski definition) is 2. The van der Waals surface area contributed by atoms with Crippen LogP contribution in [0.1, 0.15) is 9.75 Å². The van der Waals surface area contributed by atoms with Gasteiger partial charge >= 0.3 is 0 Å². The molecular weight excluding hydrogens is 264 g/mol. The number of rotatable bonds is 3. The van der Waals surface area contributed by atoms with E-state index in [1.54, 1.807) is 22.7 Å². The first-order valence-electron chi connectivity index (χ1n) is 5.52. The second kappa shape index (κ2) is 4.55. The van der Waals surface area contributed by atoms with E-state index in [2.05, 4.69) is 34.3 Å². The van der Waals surface area contributed by atoms with Crippen molar-refractivity contribution in [2.75, 3.05) is 11.1 Å². The normalized spacial score (nSPS) is 10.9. The largest absolute Gasteiger partial charge is 0.368 e. The molecule has 0 aliphatic heterocycles. The third-order valence-electron chi connectivity index (χ3n) is 2.57. The van der Waals surface area contributed by atoms with Crippen molar-refractivity contribution in [3.8, 4) is 0 Å². The van der Waals surface area contributed by atoms with E-state index >= 15 is 0 Å². The maximum Gasteiger partial charge on any atom is 0.223 e. The number of hydrogen-bond acceptors (Lipinski definition) is 6. The van der Waals surface area contributed by atoms with Crippen LogP contribution in [0.2, 0.25) is 0 Å². The standard InChI is InChI=1S/C12H12N4S2/c1-7-2-3-8(18-7)6-14-10-9-4-5-17-11(9)16-12(13)15-10/h2-5H,6H2,1H3,(H3,13,14,15,16). The van der Waals surface area contributed by atoms with E-state index < -0.39 is 0 Å². The Balaban J connectivity index is 1.87. The van der Waals surface area contributed by atoms with Crippen molar-refractivity contribution in [3.63, 3.8) is 0 Å². The number of aryl methyl sites for hydroxylation is 1. The van der Waals surface area contributed by atoms with Gasteiger partial charge in [-0.2, -0.15) is 4.98 Å². The molecule has 0 aliphatic carbocycles. The van der Waals surface area contributed by atoms with Crippen LogP contribution in [0.4, 0.5) is 11.8 Å². The van der Waals surface area contributed by atoms with Crippen LogP contribution in [0.3, 0.4) is 0 Å². The van der Waals surface area contributed by atoms with Crippen molar-refractivity contribution in [1.29, 1.82) is 0 Å². The van der Waals surface area contributed by atoms with Crippen LogP contribution in [-0.2, 0) is 6.54 Å². The van der Waals surface area contributed by atoms with E-state index in [-0.39, 0.29) is 0 Å². The Hall–Kier alpha value is -1.66. The van der Waals surface area contributed by atoms with Crippen LogP contribution in [0, 0.1) is 6.92 Å². The summed E-state index contributed by atoms with van der Waals surface area (Å²) in [5.74, 6) is 1.12. The summed E-state index contributed by atoms with van der Waals surface area (Å²) in [6.45, 7) is 2.87. The van der Waals surface area contributed by atoms with E-state index in [9.17, 15) is 0 Å². The molecule has 18 heavy (non-hydrogen) atoms. The molecule has 4 nitrogen and oxygen atoms in total. The topological polar surface area (TPSA) is 63.8 Å². The zero-order valence-corrected chi connectivity index (χ0v) is 11.4. The first-order valence-corrected chi connectivity index (χ1v) is 7.22. The Kier molecular flexibility index (Phi) is 2.89. The summed E-state index contributed by atoms with van der Waals surface area (Å²) >= 11 is 3.36. The van der Waals surface area contributed by atoms with Crippen LogP contribution in [0.5, 0.6) is 0 Å². The zero-order valence-electron chi connectivity index (χ0n) is 9.80. The molecule has 0 saturated heterocycles. The molecular formula is C12H12N4S2. The Labute approximate surface area is 113 Å². The monoisotopic (exact) mass is 276 g/mol. The molecule has 3 aromatic rings. The van der Waals surface area contributed by atoms with Crippen LogP contribution < -0.4 is 11.1 Å². The van der Waals surface area contributed by atoms with Gasteiger partial charge in [0, 0.05) is 9.75 Å². The second-order valence-corrected chi connectivity index (χ2v) is 6.20. The molecule has 0 radical (unpaired) electrons. The van der Waals surface area contributed by atoms with Gasteiger partial charge in [-0.1, -0.05) is 0 Å². The Morgan fingerprint density at radius 3 is 2.94 bits per heavy atom. The fourth-order valence-corrected chi connectivity index (χ4v) is 3.36. The SMILES string of the molecule is Cc1ccc(CNc2nc(N)nc3sccc23)s1. The lowest BCUT2D eigenvalue weighted by atomic mass is 10.3. The Morgan fingerprint density at radius 1 is 1.28 bits per heavy atom. The highest BCUT2D eigenvalue weighted by molar-refractivity contribution is 7.16. The molecule has 6 heteroatoms. The van der Waals surface area contributed by atoms with E-state index in [0.29, 0.717) is 5.95 Å². The van der Waals surface area contributed by atoms with E-state index in [1.807, 2.05) is 11.4 Å². The van der Waals surface area contributed by atoms with Gasteiger partial charge in [0.15, 0.2) is 0 Å². The fraction of sp³-hybridized carbons (Fsp3) is 0.167. The van der Waals surface area contributed by atoms with Crippen molar-refractivity contribution < 1.29 is 0 Å². The van der Waals surface area contributed by atoms with Crippen molar-refractivity contribution >= 4 is 44.7 Å². The van der Waals surface area contributed by atoms with Gasteiger partial charge in [-0.15, -0.1) is 22.7 Å². The maximum absolute atomic E-state index is 5.70. The minimum atomic E-state index is 0.315. The van der Waals surface area contributed by atoms with Gasteiger partial charge in [0.1, 0.15) is 10.6 Å². The van der Waals surface area contributed by atoms with Gasteiger partial charge in [-0.3, -0.25) is 0 Å². The summed E-state index contributed by atoms with van der Waals surface area (Å²) in [4.78, 5) is 12.0. The molecule has 0 bridgehead atoms. The third-order valence-corrected chi connectivity index (χ3v) is 4.38. The summed E-state index contributed by atoms with van der Waals surface area (Å²) < 4.78 is 0. The van der Waals surface area contributed by atoms with Crippen LogP contribution >= 0.6 is 22.7 Å². The summed E-state index contributed by atoms with van der Waals surface area (Å²) in [5.41, 5.74) is 5.70. The summed E-state index contributed by atoms with van der Waals surface area (Å²) in [6.07, 6.45) is 0. The predicted octanol–water partition coefficient (Wildman–Crippen LogP) is 3.26. The predicted molar refractivity (Wildman–Crippen MR) is 78.2 cm³/mol. The molecule has 0 atom stereocenters. The van der Waals surface area contributed by atoms with Crippen LogP contribution in [0.15, 0.2) is 23.6 Å². The van der Waals surface area contributed by atoms with E-state index in [0.717, 1.165) is 22.6 Å². The maximum atomic E-state index is 5.70. The van der Waals surface area contributed by atoms with Crippen molar-refractivity contribution in [2.45, 2.75) is 13.5 Å². The minimum absolute atomic E-state index is 0.315. The number of nitrogens with zero attached hydrogens (tertiary/aromatic N) is 2. The van der Waals surface area contributed by atoms with E-state index in [4.69, 9.17) is 5.73 Å². The van der Waals surface area contributed by atoms with Gasteiger partial charge < -0.3 is 11.1 Å². The average Bonchev–Trinajstić information content (AvgIpc) is 2.94. The van der Waals surface area contributed by atoms with E-state index in [1.165, 1.54) is 9.75 Å². The molecule has 92 valence electrons. The molecule has 0 fully saturated rings. The highest BCUT2D eigenvalue weighted by Gasteiger charge is 2.07. The Bertz CT molecular complexity index is 686. The van der Waals surface area contributed by atoms with Gasteiger partial charge in [0.05, 0.1) is 11.9 Å². The van der Waals surface area contributed by atoms with Crippen molar-refractivity contribution in [1.82, 2.24) is 9.97 Å². The molecule has 3 rings (SSSR count). The summed E-state index contributed by atoms with van der Waals surface area (Å²) in [6, 6.07) is 6.26.